The number of anilines is 3. The zero-order chi connectivity index (χ0) is 20.7. The predicted octanol–water partition coefficient (Wildman–Crippen LogP) is 1.97. The van der Waals surface area contributed by atoms with Gasteiger partial charge in [-0.05, 0) is 25.1 Å². The molecule has 0 saturated heterocycles. The third-order valence-electron chi connectivity index (χ3n) is 4.82. The molecule has 5 N–H and O–H groups in total. The first kappa shape index (κ1) is 18.2. The van der Waals surface area contributed by atoms with Crippen molar-refractivity contribution in [1.82, 2.24) is 29.3 Å². The van der Waals surface area contributed by atoms with Gasteiger partial charge in [0.1, 0.15) is 17.5 Å². The van der Waals surface area contributed by atoms with E-state index in [1.165, 1.54) is 0 Å². The fraction of sp³-hybridized carbons (Fsp3) is 0.211. The second kappa shape index (κ2) is 6.79. The third-order valence-corrected chi connectivity index (χ3v) is 4.82. The van der Waals surface area contributed by atoms with Crippen LogP contribution in [-0.2, 0) is 14.1 Å². The number of aryl methyl sites for hydroxylation is 2. The Morgan fingerprint density at radius 3 is 2.66 bits per heavy atom. The van der Waals surface area contributed by atoms with Crippen molar-refractivity contribution in [2.75, 3.05) is 16.8 Å². The first-order valence-corrected chi connectivity index (χ1v) is 8.93. The van der Waals surface area contributed by atoms with E-state index in [0.29, 0.717) is 0 Å². The smallest absolute Gasteiger partial charge is 0.224 e. The van der Waals surface area contributed by atoms with Gasteiger partial charge in [-0.3, -0.25) is 4.68 Å². The molecule has 0 aliphatic carbocycles. The first-order valence-electron chi connectivity index (χ1n) is 8.93. The Morgan fingerprint density at radius 1 is 1.17 bits per heavy atom. The van der Waals surface area contributed by atoms with Gasteiger partial charge in [-0.2, -0.15) is 20.3 Å². The molecule has 146 valence electrons. The van der Waals surface area contributed by atoms with Gasteiger partial charge in [-0.15, -0.1) is 0 Å². The van der Waals surface area contributed by atoms with Crippen molar-refractivity contribution in [3.05, 3.63) is 41.9 Å². The van der Waals surface area contributed by atoms with E-state index in [1.807, 2.05) is 50.0 Å². The van der Waals surface area contributed by atoms with E-state index in [0.717, 1.165) is 28.0 Å². The van der Waals surface area contributed by atoms with E-state index in [9.17, 15) is 5.26 Å². The van der Waals surface area contributed by atoms with Gasteiger partial charge < -0.3 is 21.4 Å². The molecule has 0 aliphatic heterocycles. The van der Waals surface area contributed by atoms with Crippen LogP contribution in [0.2, 0.25) is 0 Å². The van der Waals surface area contributed by atoms with Crippen LogP contribution >= 0.6 is 0 Å². The highest BCUT2D eigenvalue weighted by Crippen LogP contribution is 2.32. The number of fused-ring (bicyclic) bond motifs is 1. The topological polar surface area (TPSA) is 149 Å². The molecule has 0 aromatic carbocycles. The number of nitrogen functional groups attached to an aromatic ring is 2. The molecular formula is C19H20N10. The number of hydrogen-bond acceptors (Lipinski definition) is 8. The molecule has 4 aromatic rings. The van der Waals surface area contributed by atoms with Crippen LogP contribution < -0.4 is 16.8 Å². The molecule has 0 radical (unpaired) electrons. The summed E-state index contributed by atoms with van der Waals surface area (Å²) in [7, 11) is 3.86. The maximum Gasteiger partial charge on any atom is 0.224 e. The molecule has 1 atom stereocenters. The van der Waals surface area contributed by atoms with Crippen molar-refractivity contribution in [3.63, 3.8) is 0 Å². The average molecular weight is 388 g/mol. The number of nitrogens with two attached hydrogens (primary N) is 2. The molecule has 4 aromatic heterocycles. The molecule has 10 heteroatoms. The molecular weight excluding hydrogens is 368 g/mol. The predicted molar refractivity (Wildman–Crippen MR) is 111 cm³/mol. The van der Waals surface area contributed by atoms with Crippen molar-refractivity contribution < 1.29 is 0 Å². The minimum atomic E-state index is -0.301. The van der Waals surface area contributed by atoms with Gasteiger partial charge >= 0.3 is 0 Å². The van der Waals surface area contributed by atoms with Crippen molar-refractivity contribution in [2.24, 2.45) is 14.1 Å². The number of hydrogen-bond donors (Lipinski definition) is 3. The molecule has 0 unspecified atom stereocenters. The Labute approximate surface area is 166 Å². The summed E-state index contributed by atoms with van der Waals surface area (Å²) >= 11 is 0. The molecule has 0 fully saturated rings. The highest BCUT2D eigenvalue weighted by Gasteiger charge is 2.21. The Morgan fingerprint density at radius 2 is 1.97 bits per heavy atom. The van der Waals surface area contributed by atoms with E-state index in [4.69, 9.17) is 16.5 Å². The molecule has 0 amide bonds. The molecule has 0 saturated carbocycles. The van der Waals surface area contributed by atoms with E-state index >= 15 is 0 Å². The molecule has 0 aliphatic rings. The largest absolute Gasteiger partial charge is 0.382 e. The number of pyridine rings is 1. The Kier molecular flexibility index (Phi) is 4.27. The van der Waals surface area contributed by atoms with E-state index in [-0.39, 0.29) is 29.2 Å². The fourth-order valence-electron chi connectivity index (χ4n) is 3.36. The number of nitrogens with one attached hydrogen (secondary N) is 1. The summed E-state index contributed by atoms with van der Waals surface area (Å²) in [6, 6.07) is 7.70. The maximum absolute atomic E-state index is 9.44. The summed E-state index contributed by atoms with van der Waals surface area (Å²) in [5.74, 6) is 0.304. The number of nitriles is 1. The highest BCUT2D eigenvalue weighted by molar-refractivity contribution is 5.83. The third kappa shape index (κ3) is 3.08. The fourth-order valence-corrected chi connectivity index (χ4v) is 3.36. The van der Waals surface area contributed by atoms with Crippen LogP contribution in [0.4, 0.5) is 17.6 Å². The lowest BCUT2D eigenvalue weighted by atomic mass is 10.0. The summed E-state index contributed by atoms with van der Waals surface area (Å²) < 4.78 is 3.81. The summed E-state index contributed by atoms with van der Waals surface area (Å²) in [6.45, 7) is 1.94. The Balaban J connectivity index is 1.85. The average Bonchev–Trinajstić information content (AvgIpc) is 3.26. The quantitative estimate of drug-likeness (QED) is 0.480. The zero-order valence-electron chi connectivity index (χ0n) is 16.2. The molecule has 0 bridgehead atoms. The Bertz CT molecular complexity index is 1260. The van der Waals surface area contributed by atoms with Crippen LogP contribution in [0.5, 0.6) is 0 Å². The summed E-state index contributed by atoms with van der Waals surface area (Å²) in [5.41, 5.74) is 16.2. The highest BCUT2D eigenvalue weighted by atomic mass is 15.3. The van der Waals surface area contributed by atoms with Crippen LogP contribution in [-0.4, -0.2) is 29.3 Å². The lowest BCUT2D eigenvalue weighted by Crippen LogP contribution is -2.15. The first-order chi connectivity index (χ1) is 13.9. The lowest BCUT2D eigenvalue weighted by Gasteiger charge is -2.19. The van der Waals surface area contributed by atoms with Crippen LogP contribution in [0.15, 0.2) is 30.6 Å². The molecule has 10 nitrogen and oxygen atoms in total. The van der Waals surface area contributed by atoms with Crippen LogP contribution in [0.25, 0.3) is 22.3 Å². The second-order valence-electron chi connectivity index (χ2n) is 6.76. The summed E-state index contributed by atoms with van der Waals surface area (Å²) in [6.07, 6.45) is 3.71. The van der Waals surface area contributed by atoms with Crippen molar-refractivity contribution in [3.8, 4) is 17.3 Å². The monoisotopic (exact) mass is 388 g/mol. The summed E-state index contributed by atoms with van der Waals surface area (Å²) in [5, 5.41) is 16.9. The molecule has 29 heavy (non-hydrogen) atoms. The standard InChI is InChI=1S/C19H20N10/c1-10(24-18-12(9-20)17(21)26-19(22)27-18)16-11(14-4-6-23-29(14)3)8-15-13(25-16)5-7-28(15)2/h4-8,10H,1-3H3,(H5,21,22,24,26,27)/t10-/m0/s1. The summed E-state index contributed by atoms with van der Waals surface area (Å²) in [4.78, 5) is 12.9. The minimum absolute atomic E-state index is 0.00507. The van der Waals surface area contributed by atoms with E-state index < -0.39 is 0 Å². The second-order valence-corrected chi connectivity index (χ2v) is 6.76. The lowest BCUT2D eigenvalue weighted by molar-refractivity contribution is 0.769. The Hall–Kier alpha value is -4.13. The van der Waals surface area contributed by atoms with Gasteiger partial charge in [-0.1, -0.05) is 0 Å². The normalized spacial score (nSPS) is 12.1. The SMILES string of the molecule is C[C@H](Nc1nc(N)nc(N)c1C#N)c1nc2ccn(C)c2cc1-c1ccnn1C. The van der Waals surface area contributed by atoms with Crippen LogP contribution in [0, 0.1) is 11.3 Å². The molecule has 4 heterocycles. The van der Waals surface area contributed by atoms with Crippen molar-refractivity contribution in [2.45, 2.75) is 13.0 Å². The van der Waals surface area contributed by atoms with Gasteiger partial charge in [0.25, 0.3) is 0 Å². The number of aromatic nitrogens is 6. The number of nitrogens with zero attached hydrogens (tertiary/aromatic N) is 7. The minimum Gasteiger partial charge on any atom is -0.382 e. The van der Waals surface area contributed by atoms with Gasteiger partial charge in [-0.25, -0.2) is 4.98 Å². The molecule has 4 rings (SSSR count). The van der Waals surface area contributed by atoms with Gasteiger partial charge in [0.2, 0.25) is 5.95 Å². The van der Waals surface area contributed by atoms with E-state index in [2.05, 4.69) is 26.4 Å². The van der Waals surface area contributed by atoms with Crippen molar-refractivity contribution in [1.29, 1.82) is 5.26 Å². The van der Waals surface area contributed by atoms with Gasteiger partial charge in [0, 0.05) is 32.1 Å². The van der Waals surface area contributed by atoms with Crippen molar-refractivity contribution >= 4 is 28.6 Å². The zero-order valence-corrected chi connectivity index (χ0v) is 16.2. The number of rotatable bonds is 4. The van der Waals surface area contributed by atoms with E-state index in [1.54, 1.807) is 10.9 Å². The molecule has 0 spiro atoms. The van der Waals surface area contributed by atoms with Crippen LogP contribution in [0.1, 0.15) is 24.2 Å². The maximum atomic E-state index is 9.44. The van der Waals surface area contributed by atoms with Gasteiger partial charge in [0.05, 0.1) is 28.5 Å². The van der Waals surface area contributed by atoms with Crippen LogP contribution in [0.3, 0.4) is 0 Å². The van der Waals surface area contributed by atoms with Gasteiger partial charge in [0.15, 0.2) is 5.82 Å².